The summed E-state index contributed by atoms with van der Waals surface area (Å²) in [5.74, 6) is 1.50. The highest BCUT2D eigenvalue weighted by Crippen LogP contribution is 2.17. The third-order valence-corrected chi connectivity index (χ3v) is 3.08. The van der Waals surface area contributed by atoms with Gasteiger partial charge in [-0.3, -0.25) is 9.59 Å². The summed E-state index contributed by atoms with van der Waals surface area (Å²) in [6.45, 7) is 0.413. The van der Waals surface area contributed by atoms with Gasteiger partial charge in [-0.05, 0) is 42.8 Å². The number of methoxy groups -OCH3 is 1. The van der Waals surface area contributed by atoms with Gasteiger partial charge in [-0.25, -0.2) is 0 Å². The number of carbonyl (C=O) groups excluding carboxylic acids is 2. The van der Waals surface area contributed by atoms with Crippen LogP contribution in [0, 0.1) is 0 Å². The zero-order chi connectivity index (χ0) is 16.5. The van der Waals surface area contributed by atoms with Gasteiger partial charge in [0.1, 0.15) is 23.5 Å². The molecule has 2 aromatic carbocycles. The summed E-state index contributed by atoms with van der Waals surface area (Å²) in [6.07, 6.45) is 1.49. The van der Waals surface area contributed by atoms with Crippen LogP contribution in [0.25, 0.3) is 0 Å². The van der Waals surface area contributed by atoms with Crippen LogP contribution in [-0.4, -0.2) is 26.0 Å². The molecule has 2 rings (SSSR count). The quantitative estimate of drug-likeness (QED) is 0.324. The van der Waals surface area contributed by atoms with Crippen molar-refractivity contribution < 1.29 is 23.8 Å². The summed E-state index contributed by atoms with van der Waals surface area (Å²) in [4.78, 5) is 22.4. The minimum atomic E-state index is -0.355. The Morgan fingerprint density at radius 1 is 1.04 bits per heavy atom. The molecule has 0 N–H and O–H groups in total. The molecule has 0 spiro atoms. The van der Waals surface area contributed by atoms with Gasteiger partial charge in [0.2, 0.25) is 0 Å². The first-order chi connectivity index (χ1) is 11.2. The van der Waals surface area contributed by atoms with Crippen LogP contribution >= 0.6 is 0 Å². The number of rotatable bonds is 8. The van der Waals surface area contributed by atoms with Crippen molar-refractivity contribution in [1.82, 2.24) is 0 Å². The molecule has 0 aliphatic rings. The Morgan fingerprint density at radius 3 is 2.48 bits per heavy atom. The maximum atomic E-state index is 11.7. The third-order valence-electron chi connectivity index (χ3n) is 3.08. The van der Waals surface area contributed by atoms with E-state index in [2.05, 4.69) is 0 Å². The smallest absolute Gasteiger partial charge is 0.311 e. The van der Waals surface area contributed by atoms with E-state index in [-0.39, 0.29) is 12.4 Å². The Hall–Kier alpha value is -2.82. The van der Waals surface area contributed by atoms with Crippen LogP contribution in [0.2, 0.25) is 0 Å². The van der Waals surface area contributed by atoms with Crippen molar-refractivity contribution in [2.24, 2.45) is 0 Å². The molecule has 0 atom stereocenters. The van der Waals surface area contributed by atoms with E-state index in [1.807, 2.05) is 24.3 Å². The second kappa shape index (κ2) is 8.58. The number of aldehydes is 1. The molecule has 5 nitrogen and oxygen atoms in total. The Bertz CT molecular complexity index is 649. The van der Waals surface area contributed by atoms with Gasteiger partial charge in [0.25, 0.3) is 0 Å². The molecule has 0 radical (unpaired) electrons. The normalized spacial score (nSPS) is 9.96. The van der Waals surface area contributed by atoms with Gasteiger partial charge in [-0.15, -0.1) is 0 Å². The first kappa shape index (κ1) is 16.5. The molecule has 0 aliphatic carbocycles. The van der Waals surface area contributed by atoms with Crippen molar-refractivity contribution in [3.8, 4) is 17.2 Å². The van der Waals surface area contributed by atoms with E-state index >= 15 is 0 Å². The zero-order valence-electron chi connectivity index (χ0n) is 12.9. The summed E-state index contributed by atoms with van der Waals surface area (Å²) >= 11 is 0. The van der Waals surface area contributed by atoms with E-state index in [1.54, 1.807) is 25.3 Å². The molecular weight excluding hydrogens is 296 g/mol. The highest BCUT2D eigenvalue weighted by atomic mass is 16.5. The Morgan fingerprint density at radius 2 is 1.78 bits per heavy atom. The molecule has 0 fully saturated rings. The fourth-order valence-corrected chi connectivity index (χ4v) is 1.91. The molecule has 0 unspecified atom stereocenters. The monoisotopic (exact) mass is 314 g/mol. The maximum absolute atomic E-state index is 11.7. The topological polar surface area (TPSA) is 61.8 Å². The summed E-state index contributed by atoms with van der Waals surface area (Å²) < 4.78 is 15.8. The predicted octanol–water partition coefficient (Wildman–Crippen LogP) is 3.27. The van der Waals surface area contributed by atoms with Crippen molar-refractivity contribution in [1.29, 1.82) is 0 Å². The average molecular weight is 314 g/mol. The lowest BCUT2D eigenvalue weighted by atomic mass is 10.2. The zero-order valence-corrected chi connectivity index (χ0v) is 12.9. The fraction of sp³-hybridized carbons (Fsp3) is 0.222. The number of hydrogen-bond acceptors (Lipinski definition) is 5. The van der Waals surface area contributed by atoms with Crippen molar-refractivity contribution in [2.75, 3.05) is 13.7 Å². The summed E-state index contributed by atoms with van der Waals surface area (Å²) in [5.41, 5.74) is 0.470. The molecule has 0 aliphatic heterocycles. The maximum Gasteiger partial charge on any atom is 0.311 e. The Labute approximate surface area is 134 Å². The van der Waals surface area contributed by atoms with Crippen molar-refractivity contribution >= 4 is 12.3 Å². The number of carbonyl (C=O) groups is 2. The second-order valence-electron chi connectivity index (χ2n) is 4.79. The van der Waals surface area contributed by atoms with E-state index in [1.165, 1.54) is 6.07 Å². The third kappa shape index (κ3) is 5.47. The molecular formula is C18H18O5. The van der Waals surface area contributed by atoms with Gasteiger partial charge in [0.15, 0.2) is 0 Å². The van der Waals surface area contributed by atoms with Gasteiger partial charge in [-0.1, -0.05) is 12.1 Å². The molecule has 2 aromatic rings. The van der Waals surface area contributed by atoms with Crippen molar-refractivity contribution in [2.45, 2.75) is 12.8 Å². The lowest BCUT2D eigenvalue weighted by molar-refractivity contribution is -0.134. The Balaban J connectivity index is 1.70. The molecule has 0 saturated carbocycles. The minimum absolute atomic E-state index is 0.238. The average Bonchev–Trinajstić information content (AvgIpc) is 2.59. The number of esters is 1. The van der Waals surface area contributed by atoms with Gasteiger partial charge >= 0.3 is 5.97 Å². The minimum Gasteiger partial charge on any atom is -0.497 e. The van der Waals surface area contributed by atoms with Crippen LogP contribution < -0.4 is 14.2 Å². The van der Waals surface area contributed by atoms with Crippen molar-refractivity contribution in [3.05, 3.63) is 54.1 Å². The lowest BCUT2D eigenvalue weighted by Crippen LogP contribution is -2.10. The van der Waals surface area contributed by atoms with E-state index in [0.717, 1.165) is 11.5 Å². The SMILES string of the molecule is COc1ccc(OCCCC(=O)Oc2cccc(C=O)c2)cc1. The standard InChI is InChI=1S/C18H18O5/c1-21-15-7-9-16(10-8-15)22-11-3-6-18(20)23-17-5-2-4-14(12-17)13-19/h2,4-5,7-10,12-13H,3,6,11H2,1H3. The summed E-state index contributed by atoms with van der Waals surface area (Å²) in [6, 6.07) is 13.7. The molecule has 23 heavy (non-hydrogen) atoms. The Kier molecular flexibility index (Phi) is 6.17. The number of ether oxygens (including phenoxy) is 3. The highest BCUT2D eigenvalue weighted by Gasteiger charge is 2.06. The molecule has 0 bridgehead atoms. The molecule has 0 heterocycles. The highest BCUT2D eigenvalue weighted by molar-refractivity contribution is 5.77. The van der Waals surface area contributed by atoms with E-state index in [4.69, 9.17) is 14.2 Å². The second-order valence-corrected chi connectivity index (χ2v) is 4.79. The molecule has 5 heteroatoms. The number of benzene rings is 2. The van der Waals surface area contributed by atoms with Gasteiger partial charge in [0, 0.05) is 12.0 Å². The van der Waals surface area contributed by atoms with Crippen LogP contribution in [0.5, 0.6) is 17.2 Å². The predicted molar refractivity (Wildman–Crippen MR) is 85.2 cm³/mol. The van der Waals surface area contributed by atoms with Crippen LogP contribution in [0.3, 0.4) is 0 Å². The first-order valence-electron chi connectivity index (χ1n) is 7.24. The summed E-state index contributed by atoms with van der Waals surface area (Å²) in [5, 5.41) is 0. The van der Waals surface area contributed by atoms with Crippen LogP contribution in [0.1, 0.15) is 23.2 Å². The van der Waals surface area contributed by atoms with Gasteiger partial charge < -0.3 is 14.2 Å². The molecule has 0 saturated heterocycles. The molecule has 120 valence electrons. The lowest BCUT2D eigenvalue weighted by Gasteiger charge is -2.07. The van der Waals surface area contributed by atoms with Gasteiger partial charge in [0.05, 0.1) is 13.7 Å². The van der Waals surface area contributed by atoms with Crippen molar-refractivity contribution in [3.63, 3.8) is 0 Å². The molecule has 0 aromatic heterocycles. The first-order valence-corrected chi connectivity index (χ1v) is 7.24. The van der Waals surface area contributed by atoms with Crippen LogP contribution in [-0.2, 0) is 4.79 Å². The number of hydrogen-bond donors (Lipinski definition) is 0. The van der Waals surface area contributed by atoms with Crippen LogP contribution in [0.4, 0.5) is 0 Å². The molecule has 0 amide bonds. The summed E-state index contributed by atoms with van der Waals surface area (Å²) in [7, 11) is 1.60. The fourth-order valence-electron chi connectivity index (χ4n) is 1.91. The van der Waals surface area contributed by atoms with E-state index in [0.29, 0.717) is 30.6 Å². The van der Waals surface area contributed by atoms with E-state index < -0.39 is 0 Å². The van der Waals surface area contributed by atoms with Gasteiger partial charge in [-0.2, -0.15) is 0 Å². The van der Waals surface area contributed by atoms with E-state index in [9.17, 15) is 9.59 Å². The van der Waals surface area contributed by atoms with Crippen LogP contribution in [0.15, 0.2) is 48.5 Å². The largest absolute Gasteiger partial charge is 0.497 e.